The van der Waals surface area contributed by atoms with Crippen molar-refractivity contribution >= 4 is 12.0 Å². The van der Waals surface area contributed by atoms with Crippen LogP contribution in [-0.2, 0) is 9.53 Å². The van der Waals surface area contributed by atoms with E-state index in [1.165, 1.54) is 0 Å². The number of rotatable bonds is 7. The molecule has 0 bridgehead atoms. The van der Waals surface area contributed by atoms with Gasteiger partial charge in [0.05, 0.1) is 6.10 Å². The second-order valence-corrected chi connectivity index (χ2v) is 5.03. The average molecular weight is 272 g/mol. The highest BCUT2D eigenvalue weighted by Crippen LogP contribution is 2.14. The molecule has 0 spiro atoms. The molecule has 1 saturated heterocycles. The van der Waals surface area contributed by atoms with E-state index in [2.05, 4.69) is 10.6 Å². The lowest BCUT2D eigenvalue weighted by Crippen LogP contribution is -2.49. The molecular formula is C13H24N2O4. The molecule has 6 nitrogen and oxygen atoms in total. The Labute approximate surface area is 113 Å². The number of hydrogen-bond donors (Lipinski definition) is 3. The second kappa shape index (κ2) is 7.99. The molecule has 1 heterocycles. The first kappa shape index (κ1) is 15.8. The number of carbonyl (C=O) groups is 2. The van der Waals surface area contributed by atoms with Crippen molar-refractivity contribution in [3.8, 4) is 0 Å². The molecule has 2 amide bonds. The van der Waals surface area contributed by atoms with E-state index in [9.17, 15) is 9.59 Å². The lowest BCUT2D eigenvalue weighted by Gasteiger charge is -2.20. The van der Waals surface area contributed by atoms with Crippen molar-refractivity contribution in [2.24, 2.45) is 5.92 Å². The summed E-state index contributed by atoms with van der Waals surface area (Å²) < 4.78 is 5.44. The van der Waals surface area contributed by atoms with Gasteiger partial charge in [-0.3, -0.25) is 0 Å². The first-order valence-electron chi connectivity index (χ1n) is 6.93. The maximum Gasteiger partial charge on any atom is 0.326 e. The monoisotopic (exact) mass is 272 g/mol. The molecule has 1 aliphatic heterocycles. The zero-order valence-corrected chi connectivity index (χ0v) is 11.6. The van der Waals surface area contributed by atoms with Gasteiger partial charge in [-0.05, 0) is 25.2 Å². The van der Waals surface area contributed by atoms with Gasteiger partial charge < -0.3 is 20.5 Å². The molecule has 0 aliphatic carbocycles. The summed E-state index contributed by atoms with van der Waals surface area (Å²) in [5, 5.41) is 14.2. The number of hydrogen-bond acceptors (Lipinski definition) is 3. The van der Waals surface area contributed by atoms with Gasteiger partial charge in [-0.1, -0.05) is 20.3 Å². The van der Waals surface area contributed by atoms with Crippen molar-refractivity contribution in [3.63, 3.8) is 0 Å². The number of carboxylic acids is 1. The third kappa shape index (κ3) is 5.46. The minimum absolute atomic E-state index is 0.0959. The Bertz CT molecular complexity index is 303. The molecule has 1 rings (SSSR count). The van der Waals surface area contributed by atoms with Gasteiger partial charge in [0.2, 0.25) is 0 Å². The smallest absolute Gasteiger partial charge is 0.326 e. The van der Waals surface area contributed by atoms with Crippen molar-refractivity contribution in [3.05, 3.63) is 0 Å². The molecule has 0 aromatic heterocycles. The summed E-state index contributed by atoms with van der Waals surface area (Å²) in [5.41, 5.74) is 0. The van der Waals surface area contributed by atoms with Crippen LogP contribution >= 0.6 is 0 Å². The molecule has 0 aromatic rings. The van der Waals surface area contributed by atoms with Crippen molar-refractivity contribution in [1.82, 2.24) is 10.6 Å². The highest BCUT2D eigenvalue weighted by molar-refractivity contribution is 5.82. The summed E-state index contributed by atoms with van der Waals surface area (Å²) >= 11 is 0. The summed E-state index contributed by atoms with van der Waals surface area (Å²) in [6.45, 7) is 5.01. The fraction of sp³-hybridized carbons (Fsp3) is 0.846. The lowest BCUT2D eigenvalue weighted by molar-refractivity contribution is -0.140. The summed E-state index contributed by atoms with van der Waals surface area (Å²) in [5.74, 6) is -1.09. The van der Waals surface area contributed by atoms with E-state index in [0.717, 1.165) is 25.9 Å². The van der Waals surface area contributed by atoms with Crippen LogP contribution in [0.2, 0.25) is 0 Å². The van der Waals surface area contributed by atoms with Gasteiger partial charge in [0.15, 0.2) is 0 Å². The maximum atomic E-state index is 11.6. The molecule has 0 aromatic carbocycles. The Balaban J connectivity index is 2.25. The Morgan fingerprint density at radius 3 is 2.74 bits per heavy atom. The number of ether oxygens (including phenoxy) is 1. The lowest BCUT2D eigenvalue weighted by atomic mass is 9.99. The van der Waals surface area contributed by atoms with Gasteiger partial charge in [0.25, 0.3) is 0 Å². The highest BCUT2D eigenvalue weighted by Gasteiger charge is 2.25. The van der Waals surface area contributed by atoms with E-state index in [1.807, 2.05) is 13.8 Å². The largest absolute Gasteiger partial charge is 0.480 e. The van der Waals surface area contributed by atoms with Crippen LogP contribution in [0.15, 0.2) is 0 Å². The third-order valence-electron chi connectivity index (χ3n) is 3.54. The van der Waals surface area contributed by atoms with Crippen LogP contribution in [0.5, 0.6) is 0 Å². The SMILES string of the molecule is CCC(C)[C@H](NC(=O)NCCC1CCCO1)C(=O)O. The van der Waals surface area contributed by atoms with Crippen LogP contribution in [0.3, 0.4) is 0 Å². The highest BCUT2D eigenvalue weighted by atomic mass is 16.5. The van der Waals surface area contributed by atoms with E-state index in [4.69, 9.17) is 9.84 Å². The zero-order chi connectivity index (χ0) is 14.3. The molecule has 0 radical (unpaired) electrons. The van der Waals surface area contributed by atoms with Crippen molar-refractivity contribution in [2.45, 2.75) is 51.7 Å². The predicted molar refractivity (Wildman–Crippen MR) is 71.0 cm³/mol. The number of carbonyl (C=O) groups excluding carboxylic acids is 1. The maximum absolute atomic E-state index is 11.6. The predicted octanol–water partition coefficient (Wildman–Crippen LogP) is 1.35. The van der Waals surface area contributed by atoms with E-state index < -0.39 is 18.0 Å². The van der Waals surface area contributed by atoms with Crippen LogP contribution in [0.1, 0.15) is 39.5 Å². The third-order valence-corrected chi connectivity index (χ3v) is 3.54. The Morgan fingerprint density at radius 1 is 1.47 bits per heavy atom. The van der Waals surface area contributed by atoms with E-state index in [0.29, 0.717) is 13.0 Å². The van der Waals surface area contributed by atoms with Gasteiger partial charge in [-0.2, -0.15) is 0 Å². The van der Waals surface area contributed by atoms with Gasteiger partial charge in [0.1, 0.15) is 6.04 Å². The van der Waals surface area contributed by atoms with Crippen LogP contribution < -0.4 is 10.6 Å². The van der Waals surface area contributed by atoms with Gasteiger partial charge >= 0.3 is 12.0 Å². The molecule has 3 atom stereocenters. The molecule has 3 N–H and O–H groups in total. The van der Waals surface area contributed by atoms with Crippen molar-refractivity contribution < 1.29 is 19.4 Å². The summed E-state index contributed by atoms with van der Waals surface area (Å²) in [6.07, 6.45) is 3.81. The number of aliphatic carboxylic acids is 1. The number of nitrogens with one attached hydrogen (secondary N) is 2. The molecular weight excluding hydrogens is 248 g/mol. The molecule has 2 unspecified atom stereocenters. The first-order valence-corrected chi connectivity index (χ1v) is 6.93. The normalized spacial score (nSPS) is 21.7. The Hall–Kier alpha value is -1.30. The van der Waals surface area contributed by atoms with E-state index >= 15 is 0 Å². The zero-order valence-electron chi connectivity index (χ0n) is 11.6. The first-order chi connectivity index (χ1) is 9.04. The number of urea groups is 1. The summed E-state index contributed by atoms with van der Waals surface area (Å²) in [7, 11) is 0. The second-order valence-electron chi connectivity index (χ2n) is 5.03. The fourth-order valence-electron chi connectivity index (χ4n) is 2.09. The quantitative estimate of drug-likeness (QED) is 0.653. The topological polar surface area (TPSA) is 87.7 Å². The van der Waals surface area contributed by atoms with Crippen LogP contribution in [0, 0.1) is 5.92 Å². The molecule has 1 fully saturated rings. The number of amides is 2. The Kier molecular flexibility index (Phi) is 6.62. The van der Waals surface area contributed by atoms with Crippen LogP contribution in [-0.4, -0.2) is 42.4 Å². The van der Waals surface area contributed by atoms with Crippen molar-refractivity contribution in [1.29, 1.82) is 0 Å². The van der Waals surface area contributed by atoms with Crippen LogP contribution in [0.4, 0.5) is 4.79 Å². The van der Waals surface area contributed by atoms with Gasteiger partial charge in [0, 0.05) is 13.2 Å². The van der Waals surface area contributed by atoms with Crippen LogP contribution in [0.25, 0.3) is 0 Å². The summed E-state index contributed by atoms with van der Waals surface area (Å²) in [6, 6.07) is -1.27. The number of carboxylic acid groups (broad SMARTS) is 1. The molecule has 0 saturated carbocycles. The van der Waals surface area contributed by atoms with E-state index in [1.54, 1.807) is 0 Å². The average Bonchev–Trinajstić information content (AvgIpc) is 2.87. The summed E-state index contributed by atoms with van der Waals surface area (Å²) in [4.78, 5) is 22.7. The standard InChI is InChI=1S/C13H24N2O4/c1-3-9(2)11(12(16)17)15-13(18)14-7-6-10-5-4-8-19-10/h9-11H,3-8H2,1-2H3,(H,16,17)(H2,14,15,18)/t9?,10?,11-/m0/s1. The fourth-order valence-corrected chi connectivity index (χ4v) is 2.09. The van der Waals surface area contributed by atoms with Gasteiger partial charge in [-0.25, -0.2) is 9.59 Å². The molecule has 6 heteroatoms. The molecule has 1 aliphatic rings. The van der Waals surface area contributed by atoms with Gasteiger partial charge in [-0.15, -0.1) is 0 Å². The van der Waals surface area contributed by atoms with Crippen molar-refractivity contribution in [2.75, 3.05) is 13.2 Å². The minimum atomic E-state index is -0.997. The van der Waals surface area contributed by atoms with E-state index in [-0.39, 0.29) is 12.0 Å². The Morgan fingerprint density at radius 2 is 2.21 bits per heavy atom. The minimum Gasteiger partial charge on any atom is -0.480 e. The molecule has 110 valence electrons. The molecule has 19 heavy (non-hydrogen) atoms.